The Morgan fingerprint density at radius 1 is 1.44 bits per heavy atom. The molecule has 0 aromatic heterocycles. The zero-order valence-corrected chi connectivity index (χ0v) is 11.0. The summed E-state index contributed by atoms with van der Waals surface area (Å²) in [5.41, 5.74) is 0. The van der Waals surface area contributed by atoms with Gasteiger partial charge in [0.15, 0.2) is 0 Å². The predicted molar refractivity (Wildman–Crippen MR) is 66.5 cm³/mol. The SMILES string of the molecule is CCN(C(=O)NC1CCOCC1)C(C)CC(=O)O. The van der Waals surface area contributed by atoms with Crippen LogP contribution in [0.15, 0.2) is 0 Å². The van der Waals surface area contributed by atoms with Gasteiger partial charge in [-0.05, 0) is 26.7 Å². The van der Waals surface area contributed by atoms with Crippen LogP contribution in [0.2, 0.25) is 0 Å². The number of carbonyl (C=O) groups is 2. The van der Waals surface area contributed by atoms with Crippen LogP contribution in [0, 0.1) is 0 Å². The molecular weight excluding hydrogens is 236 g/mol. The number of carbonyl (C=O) groups excluding carboxylic acids is 1. The fraction of sp³-hybridized carbons (Fsp3) is 0.833. The molecule has 0 aromatic carbocycles. The van der Waals surface area contributed by atoms with Crippen LogP contribution in [0.3, 0.4) is 0 Å². The molecule has 1 saturated heterocycles. The van der Waals surface area contributed by atoms with Gasteiger partial charge in [0.1, 0.15) is 0 Å². The summed E-state index contributed by atoms with van der Waals surface area (Å²) in [5, 5.41) is 11.7. The molecule has 1 rings (SSSR count). The fourth-order valence-corrected chi connectivity index (χ4v) is 2.12. The molecule has 1 atom stereocenters. The molecule has 0 aromatic rings. The molecule has 1 aliphatic heterocycles. The molecule has 6 heteroatoms. The van der Waals surface area contributed by atoms with Crippen LogP contribution in [-0.2, 0) is 9.53 Å². The second-order valence-corrected chi connectivity index (χ2v) is 4.57. The van der Waals surface area contributed by atoms with Crippen LogP contribution in [0.4, 0.5) is 4.79 Å². The highest BCUT2D eigenvalue weighted by atomic mass is 16.5. The minimum absolute atomic E-state index is 0.0327. The molecule has 1 fully saturated rings. The first-order valence-corrected chi connectivity index (χ1v) is 6.41. The third-order valence-electron chi connectivity index (χ3n) is 3.15. The molecule has 1 unspecified atom stereocenters. The predicted octanol–water partition coefficient (Wildman–Crippen LogP) is 1.06. The summed E-state index contributed by atoms with van der Waals surface area (Å²) in [6.45, 7) is 5.44. The monoisotopic (exact) mass is 258 g/mol. The van der Waals surface area contributed by atoms with E-state index in [0.29, 0.717) is 19.8 Å². The maximum absolute atomic E-state index is 12.0. The van der Waals surface area contributed by atoms with Crippen LogP contribution in [0.5, 0.6) is 0 Å². The molecule has 0 saturated carbocycles. The summed E-state index contributed by atoms with van der Waals surface area (Å²) < 4.78 is 5.23. The van der Waals surface area contributed by atoms with E-state index in [1.165, 1.54) is 0 Å². The van der Waals surface area contributed by atoms with E-state index in [1.54, 1.807) is 11.8 Å². The molecule has 0 spiro atoms. The second kappa shape index (κ2) is 7.20. The summed E-state index contributed by atoms with van der Waals surface area (Å²) in [6.07, 6.45) is 1.60. The first-order valence-electron chi connectivity index (χ1n) is 6.41. The molecule has 1 heterocycles. The lowest BCUT2D eigenvalue weighted by Gasteiger charge is -2.31. The van der Waals surface area contributed by atoms with E-state index in [1.807, 2.05) is 6.92 Å². The van der Waals surface area contributed by atoms with Crippen LogP contribution in [0.1, 0.15) is 33.1 Å². The van der Waals surface area contributed by atoms with Gasteiger partial charge in [0, 0.05) is 31.8 Å². The molecular formula is C12H22N2O4. The van der Waals surface area contributed by atoms with E-state index in [4.69, 9.17) is 9.84 Å². The highest BCUT2D eigenvalue weighted by Crippen LogP contribution is 2.09. The number of urea groups is 1. The molecule has 0 aliphatic carbocycles. The van der Waals surface area contributed by atoms with Crippen molar-refractivity contribution in [2.45, 2.75) is 45.2 Å². The quantitative estimate of drug-likeness (QED) is 0.773. The number of ether oxygens (including phenoxy) is 1. The molecule has 1 aliphatic rings. The maximum Gasteiger partial charge on any atom is 0.317 e. The zero-order chi connectivity index (χ0) is 13.5. The lowest BCUT2D eigenvalue weighted by atomic mass is 10.1. The zero-order valence-electron chi connectivity index (χ0n) is 11.0. The Bertz CT molecular complexity index is 290. The number of aliphatic carboxylic acids is 1. The van der Waals surface area contributed by atoms with Gasteiger partial charge in [-0.2, -0.15) is 0 Å². The Morgan fingerprint density at radius 2 is 2.06 bits per heavy atom. The van der Waals surface area contributed by atoms with Crippen molar-refractivity contribution < 1.29 is 19.4 Å². The average molecular weight is 258 g/mol. The van der Waals surface area contributed by atoms with Crippen molar-refractivity contribution in [1.82, 2.24) is 10.2 Å². The number of carboxylic acids is 1. The van der Waals surface area contributed by atoms with E-state index in [9.17, 15) is 9.59 Å². The van der Waals surface area contributed by atoms with Crippen molar-refractivity contribution in [2.24, 2.45) is 0 Å². The highest BCUT2D eigenvalue weighted by Gasteiger charge is 2.23. The van der Waals surface area contributed by atoms with E-state index < -0.39 is 5.97 Å². The van der Waals surface area contributed by atoms with Crippen molar-refractivity contribution in [3.8, 4) is 0 Å². The molecule has 6 nitrogen and oxygen atoms in total. The maximum atomic E-state index is 12.0. The normalized spacial score (nSPS) is 18.1. The lowest BCUT2D eigenvalue weighted by Crippen LogP contribution is -2.50. The van der Waals surface area contributed by atoms with Crippen LogP contribution >= 0.6 is 0 Å². The second-order valence-electron chi connectivity index (χ2n) is 4.57. The van der Waals surface area contributed by atoms with E-state index in [2.05, 4.69) is 5.32 Å². The summed E-state index contributed by atoms with van der Waals surface area (Å²) in [4.78, 5) is 24.3. The Morgan fingerprint density at radius 3 is 2.56 bits per heavy atom. The third kappa shape index (κ3) is 4.52. The van der Waals surface area contributed by atoms with Gasteiger partial charge in [-0.3, -0.25) is 4.79 Å². The average Bonchev–Trinajstić information content (AvgIpc) is 2.30. The number of hydrogen-bond acceptors (Lipinski definition) is 3. The first-order chi connectivity index (χ1) is 8.54. The number of hydrogen-bond donors (Lipinski definition) is 2. The van der Waals surface area contributed by atoms with Gasteiger partial charge in [0.05, 0.1) is 6.42 Å². The number of nitrogens with zero attached hydrogens (tertiary/aromatic N) is 1. The molecule has 0 bridgehead atoms. The molecule has 2 amide bonds. The van der Waals surface area contributed by atoms with Gasteiger partial charge in [-0.25, -0.2) is 4.79 Å². The number of rotatable bonds is 5. The van der Waals surface area contributed by atoms with Crippen LogP contribution < -0.4 is 5.32 Å². The Balaban J connectivity index is 2.47. The standard InChI is InChI=1S/C12H22N2O4/c1-3-14(9(2)8-11(15)16)12(17)13-10-4-6-18-7-5-10/h9-10H,3-8H2,1-2H3,(H,13,17)(H,15,16). The Labute approximate surface area is 107 Å². The number of carboxylic acid groups (broad SMARTS) is 1. The van der Waals surface area contributed by atoms with Gasteiger partial charge < -0.3 is 20.1 Å². The largest absolute Gasteiger partial charge is 0.481 e. The van der Waals surface area contributed by atoms with Gasteiger partial charge in [-0.1, -0.05) is 0 Å². The first kappa shape index (κ1) is 14.8. The minimum atomic E-state index is -0.889. The number of amides is 2. The van der Waals surface area contributed by atoms with Crippen molar-refractivity contribution in [3.05, 3.63) is 0 Å². The smallest absolute Gasteiger partial charge is 0.317 e. The van der Waals surface area contributed by atoms with Crippen molar-refractivity contribution >= 4 is 12.0 Å². The summed E-state index contributed by atoms with van der Waals surface area (Å²) in [6, 6.07) is -0.345. The molecule has 18 heavy (non-hydrogen) atoms. The number of nitrogens with one attached hydrogen (secondary N) is 1. The van der Waals surface area contributed by atoms with Gasteiger partial charge in [0.25, 0.3) is 0 Å². The van der Waals surface area contributed by atoms with Crippen LogP contribution in [-0.4, -0.2) is 53.8 Å². The summed E-state index contributed by atoms with van der Waals surface area (Å²) >= 11 is 0. The minimum Gasteiger partial charge on any atom is -0.481 e. The summed E-state index contributed by atoms with van der Waals surface area (Å²) in [5.74, 6) is -0.889. The van der Waals surface area contributed by atoms with Gasteiger partial charge in [0.2, 0.25) is 0 Å². The van der Waals surface area contributed by atoms with Crippen molar-refractivity contribution in [1.29, 1.82) is 0 Å². The van der Waals surface area contributed by atoms with E-state index >= 15 is 0 Å². The van der Waals surface area contributed by atoms with Gasteiger partial charge >= 0.3 is 12.0 Å². The van der Waals surface area contributed by atoms with Crippen LogP contribution in [0.25, 0.3) is 0 Å². The van der Waals surface area contributed by atoms with E-state index in [-0.39, 0.29) is 24.5 Å². The third-order valence-corrected chi connectivity index (χ3v) is 3.15. The molecule has 2 N–H and O–H groups in total. The topological polar surface area (TPSA) is 78.9 Å². The lowest BCUT2D eigenvalue weighted by molar-refractivity contribution is -0.138. The van der Waals surface area contributed by atoms with E-state index in [0.717, 1.165) is 12.8 Å². The Kier molecular flexibility index (Phi) is 5.91. The van der Waals surface area contributed by atoms with Gasteiger partial charge in [-0.15, -0.1) is 0 Å². The molecule has 0 radical (unpaired) electrons. The van der Waals surface area contributed by atoms with Crippen molar-refractivity contribution in [2.75, 3.05) is 19.8 Å². The molecule has 104 valence electrons. The summed E-state index contributed by atoms with van der Waals surface area (Å²) in [7, 11) is 0. The Hall–Kier alpha value is -1.30. The fourth-order valence-electron chi connectivity index (χ4n) is 2.12. The highest BCUT2D eigenvalue weighted by molar-refractivity contribution is 5.76. The van der Waals surface area contributed by atoms with Crippen molar-refractivity contribution in [3.63, 3.8) is 0 Å².